The minimum absolute atomic E-state index is 0.306. The molecule has 0 saturated heterocycles. The van der Waals surface area contributed by atoms with Crippen LogP contribution in [0, 0.1) is 0 Å². The lowest BCUT2D eigenvalue weighted by Gasteiger charge is -2.11. The third-order valence-corrected chi connectivity index (χ3v) is 3.06. The van der Waals surface area contributed by atoms with Gasteiger partial charge in [0.15, 0.2) is 0 Å². The highest BCUT2D eigenvalue weighted by Crippen LogP contribution is 2.22. The molecule has 3 aromatic rings. The fourth-order valence-electron chi connectivity index (χ4n) is 2.00. The maximum Gasteiger partial charge on any atom is 0.262 e. The molecule has 0 aliphatic rings. The molecule has 2 heterocycles. The molecule has 0 fully saturated rings. The van der Waals surface area contributed by atoms with E-state index in [-0.39, 0.29) is 0 Å². The van der Waals surface area contributed by atoms with Crippen LogP contribution in [0.2, 0.25) is 0 Å². The first-order valence-corrected chi connectivity index (χ1v) is 6.64. The highest BCUT2D eigenvalue weighted by Gasteiger charge is 2.12. The van der Waals surface area contributed by atoms with Gasteiger partial charge in [-0.05, 0) is 32.0 Å². The normalized spacial score (nSPS) is 11.4. The Balaban J connectivity index is 2.08. The first-order chi connectivity index (χ1) is 10.2. The summed E-state index contributed by atoms with van der Waals surface area (Å²) in [5.41, 5.74) is 2.59. The number of hydrogen-bond acceptors (Lipinski definition) is 6. The standard InChI is InChI=1S/C14H15N5O2/c1-9(2)15-8-21-14-13-18-16-7-19(13)12-4-3-10(6-20)5-11(12)17-14/h3-7,9,15H,8H2,1-2H3. The number of nitrogens with one attached hydrogen (secondary N) is 1. The molecule has 7 nitrogen and oxygen atoms in total. The van der Waals surface area contributed by atoms with Gasteiger partial charge in [0.05, 0.1) is 11.0 Å². The molecule has 0 spiro atoms. The van der Waals surface area contributed by atoms with Gasteiger partial charge in [-0.15, -0.1) is 10.2 Å². The van der Waals surface area contributed by atoms with Crippen LogP contribution in [0.25, 0.3) is 16.7 Å². The molecule has 108 valence electrons. The minimum Gasteiger partial charge on any atom is -0.459 e. The van der Waals surface area contributed by atoms with Crippen LogP contribution >= 0.6 is 0 Å². The third-order valence-electron chi connectivity index (χ3n) is 3.06. The minimum atomic E-state index is 0.306. The van der Waals surface area contributed by atoms with E-state index in [0.717, 1.165) is 11.8 Å². The van der Waals surface area contributed by atoms with Crippen LogP contribution in [0.1, 0.15) is 24.2 Å². The van der Waals surface area contributed by atoms with E-state index in [1.807, 2.05) is 19.9 Å². The number of carbonyl (C=O) groups is 1. The average molecular weight is 285 g/mol. The fourth-order valence-corrected chi connectivity index (χ4v) is 2.00. The SMILES string of the molecule is CC(C)NCOc1nc2cc(C=O)ccc2n2cnnc12. The molecule has 1 N–H and O–H groups in total. The molecule has 0 bridgehead atoms. The summed E-state index contributed by atoms with van der Waals surface area (Å²) in [4.78, 5) is 15.3. The predicted octanol–water partition coefficient (Wildman–Crippen LogP) is 1.42. The lowest BCUT2D eigenvalue weighted by molar-refractivity contribution is 0.112. The first-order valence-electron chi connectivity index (χ1n) is 6.64. The Morgan fingerprint density at radius 2 is 2.29 bits per heavy atom. The number of rotatable bonds is 5. The molecule has 2 aromatic heterocycles. The Kier molecular flexibility index (Phi) is 3.49. The van der Waals surface area contributed by atoms with Crippen LogP contribution in [0.4, 0.5) is 0 Å². The summed E-state index contributed by atoms with van der Waals surface area (Å²) in [7, 11) is 0. The smallest absolute Gasteiger partial charge is 0.262 e. The van der Waals surface area contributed by atoms with E-state index in [9.17, 15) is 4.79 Å². The second kappa shape index (κ2) is 5.45. The lowest BCUT2D eigenvalue weighted by atomic mass is 10.2. The summed E-state index contributed by atoms with van der Waals surface area (Å²) in [5.74, 6) is 0.385. The van der Waals surface area contributed by atoms with E-state index in [4.69, 9.17) is 4.74 Å². The van der Waals surface area contributed by atoms with Gasteiger partial charge < -0.3 is 4.74 Å². The monoisotopic (exact) mass is 285 g/mol. The van der Waals surface area contributed by atoms with Crippen LogP contribution in [-0.2, 0) is 0 Å². The summed E-state index contributed by atoms with van der Waals surface area (Å²) < 4.78 is 7.43. The van der Waals surface area contributed by atoms with Crippen LogP contribution in [0.15, 0.2) is 24.5 Å². The van der Waals surface area contributed by atoms with Crippen molar-refractivity contribution in [1.29, 1.82) is 0 Å². The van der Waals surface area contributed by atoms with Crippen molar-refractivity contribution < 1.29 is 9.53 Å². The number of nitrogens with zero attached hydrogens (tertiary/aromatic N) is 4. The summed E-state index contributed by atoms with van der Waals surface area (Å²) in [5, 5.41) is 11.1. The van der Waals surface area contributed by atoms with Gasteiger partial charge >= 0.3 is 0 Å². The topological polar surface area (TPSA) is 81.4 Å². The molecule has 0 atom stereocenters. The van der Waals surface area contributed by atoms with Crippen molar-refractivity contribution in [2.45, 2.75) is 19.9 Å². The number of benzene rings is 1. The molecule has 0 aliphatic heterocycles. The number of fused-ring (bicyclic) bond motifs is 3. The molecule has 1 aromatic carbocycles. The lowest BCUT2D eigenvalue weighted by Crippen LogP contribution is -2.27. The largest absolute Gasteiger partial charge is 0.459 e. The van der Waals surface area contributed by atoms with Gasteiger partial charge in [0.2, 0.25) is 5.65 Å². The fraction of sp³-hybridized carbons (Fsp3) is 0.286. The highest BCUT2D eigenvalue weighted by molar-refractivity contribution is 5.86. The van der Waals surface area contributed by atoms with E-state index in [1.165, 1.54) is 0 Å². The molecule has 0 radical (unpaired) electrons. The molecule has 0 amide bonds. The van der Waals surface area contributed by atoms with Crippen molar-refractivity contribution in [2.24, 2.45) is 0 Å². The summed E-state index contributed by atoms with van der Waals surface area (Å²) in [6.07, 6.45) is 2.39. The van der Waals surface area contributed by atoms with Crippen molar-refractivity contribution >= 4 is 23.0 Å². The van der Waals surface area contributed by atoms with Crippen LogP contribution in [-0.4, -0.2) is 38.6 Å². The quantitative estimate of drug-likeness (QED) is 0.564. The van der Waals surface area contributed by atoms with Gasteiger partial charge in [0.25, 0.3) is 5.88 Å². The van der Waals surface area contributed by atoms with Gasteiger partial charge in [-0.25, -0.2) is 4.98 Å². The zero-order valence-corrected chi connectivity index (χ0v) is 11.8. The molecule has 0 saturated carbocycles. The van der Waals surface area contributed by atoms with Gasteiger partial charge in [0, 0.05) is 11.6 Å². The first kappa shape index (κ1) is 13.4. The third kappa shape index (κ3) is 2.55. The van der Waals surface area contributed by atoms with Gasteiger partial charge in [0.1, 0.15) is 19.3 Å². The Hall–Kier alpha value is -2.54. The van der Waals surface area contributed by atoms with E-state index >= 15 is 0 Å². The van der Waals surface area contributed by atoms with Crippen molar-refractivity contribution in [3.63, 3.8) is 0 Å². The molecule has 3 rings (SSSR count). The van der Waals surface area contributed by atoms with E-state index in [1.54, 1.807) is 22.9 Å². The summed E-state index contributed by atoms with van der Waals surface area (Å²) in [6.45, 7) is 4.38. The number of aromatic nitrogens is 4. The molecular formula is C14H15N5O2. The van der Waals surface area contributed by atoms with Crippen molar-refractivity contribution in [1.82, 2.24) is 24.9 Å². The zero-order valence-electron chi connectivity index (χ0n) is 11.8. The Morgan fingerprint density at radius 3 is 3.05 bits per heavy atom. The predicted molar refractivity (Wildman–Crippen MR) is 77.4 cm³/mol. The van der Waals surface area contributed by atoms with Gasteiger partial charge in [-0.3, -0.25) is 14.5 Å². The second-order valence-electron chi connectivity index (χ2n) is 4.96. The van der Waals surface area contributed by atoms with Gasteiger partial charge in [-0.2, -0.15) is 0 Å². The number of carbonyl (C=O) groups excluding carboxylic acids is 1. The maximum absolute atomic E-state index is 10.9. The van der Waals surface area contributed by atoms with Crippen molar-refractivity contribution in [3.8, 4) is 5.88 Å². The molecular weight excluding hydrogens is 270 g/mol. The van der Waals surface area contributed by atoms with Crippen LogP contribution in [0.3, 0.4) is 0 Å². The Morgan fingerprint density at radius 1 is 1.43 bits per heavy atom. The van der Waals surface area contributed by atoms with Crippen LogP contribution < -0.4 is 10.1 Å². The number of aldehydes is 1. The number of ether oxygens (including phenoxy) is 1. The maximum atomic E-state index is 10.9. The summed E-state index contributed by atoms with van der Waals surface area (Å²) >= 11 is 0. The summed E-state index contributed by atoms with van der Waals surface area (Å²) in [6, 6.07) is 5.57. The molecule has 21 heavy (non-hydrogen) atoms. The zero-order chi connectivity index (χ0) is 14.8. The molecule has 0 aliphatic carbocycles. The second-order valence-corrected chi connectivity index (χ2v) is 4.96. The van der Waals surface area contributed by atoms with E-state index in [2.05, 4.69) is 20.5 Å². The Bertz CT molecular complexity index is 797. The number of hydrogen-bond donors (Lipinski definition) is 1. The van der Waals surface area contributed by atoms with Crippen LogP contribution in [0.5, 0.6) is 5.88 Å². The molecule has 0 unspecified atom stereocenters. The Labute approximate surface area is 121 Å². The molecule has 7 heteroatoms. The highest BCUT2D eigenvalue weighted by atomic mass is 16.5. The average Bonchev–Trinajstić information content (AvgIpc) is 2.96. The van der Waals surface area contributed by atoms with E-state index < -0.39 is 0 Å². The van der Waals surface area contributed by atoms with Crippen molar-refractivity contribution in [3.05, 3.63) is 30.1 Å². The van der Waals surface area contributed by atoms with E-state index in [0.29, 0.717) is 35.4 Å². The van der Waals surface area contributed by atoms with Gasteiger partial charge in [-0.1, -0.05) is 0 Å². The van der Waals surface area contributed by atoms with Crippen molar-refractivity contribution in [2.75, 3.05) is 6.73 Å².